The molecule has 0 unspecified atom stereocenters. The molecule has 250 valence electrons. The molecule has 0 aliphatic rings. The van der Waals surface area contributed by atoms with E-state index in [9.17, 15) is 41.4 Å². The molecule has 2 heterocycles. The maximum atomic E-state index is 14.9. The molecular formula is C34H29F5N4O5. The lowest BCUT2D eigenvalue weighted by atomic mass is 9.94. The summed E-state index contributed by atoms with van der Waals surface area (Å²) in [5.41, 5.74) is -0.0870. The highest BCUT2D eigenvalue weighted by molar-refractivity contribution is 6.02. The molecule has 3 N–H and O–H groups in total. The number of aromatic nitrogens is 2. The highest BCUT2D eigenvalue weighted by atomic mass is 19.4. The molecule has 5 aromatic rings. The summed E-state index contributed by atoms with van der Waals surface area (Å²) in [5, 5.41) is 15.2. The van der Waals surface area contributed by atoms with Gasteiger partial charge in [-0.3, -0.25) is 14.6 Å². The molecule has 14 heteroatoms. The summed E-state index contributed by atoms with van der Waals surface area (Å²) in [7, 11) is 3.06. The SMILES string of the molecule is CC[C@@H](Nc1cc(F)c(C(=O)N[C@@H](Cc2ccc(-c3c(OC)c4ccccc4n(C)c3=O)c3ncccc23)C(=O)O)c(F)c1)C(F)(F)F. The molecule has 0 bridgehead atoms. The number of carbonyl (C=O) groups is 2. The second-order valence-electron chi connectivity index (χ2n) is 11.0. The predicted molar refractivity (Wildman–Crippen MR) is 169 cm³/mol. The number of nitrogens with one attached hydrogen (secondary N) is 2. The lowest BCUT2D eigenvalue weighted by Gasteiger charge is -2.22. The number of methoxy groups -OCH3 is 1. The van der Waals surface area contributed by atoms with E-state index in [0.717, 1.165) is 0 Å². The standard InChI is InChI=1S/C34H29F5N4O5/c1-4-26(34(37,38)39)41-18-15-22(35)28(23(36)16-18)31(44)42-24(33(46)47)14-17-11-12-21(29-19(17)9-7-13-40-29)27-30(48-3)20-8-5-6-10-25(20)43(2)32(27)45/h5-13,15-16,24,26,41H,4,14H2,1-3H3,(H,42,44)(H,46,47)/t24-,26+/m0/s1. The largest absolute Gasteiger partial charge is 0.495 e. The van der Waals surface area contributed by atoms with E-state index < -0.39 is 59.4 Å². The van der Waals surface area contributed by atoms with Crippen LogP contribution in [0.25, 0.3) is 32.9 Å². The minimum absolute atomic E-state index is 0.224. The Morgan fingerprint density at radius 1 is 1.02 bits per heavy atom. The second kappa shape index (κ2) is 13.3. The van der Waals surface area contributed by atoms with E-state index in [1.165, 1.54) is 24.8 Å². The Bertz CT molecular complexity index is 2090. The molecule has 0 fully saturated rings. The first-order valence-electron chi connectivity index (χ1n) is 14.6. The quantitative estimate of drug-likeness (QED) is 0.151. The van der Waals surface area contributed by atoms with Crippen LogP contribution in [0.2, 0.25) is 0 Å². The Hall–Kier alpha value is -5.53. The van der Waals surface area contributed by atoms with E-state index in [-0.39, 0.29) is 17.5 Å². The fraction of sp³-hybridized carbons (Fsp3) is 0.235. The van der Waals surface area contributed by atoms with Crippen molar-refractivity contribution >= 4 is 39.4 Å². The zero-order valence-electron chi connectivity index (χ0n) is 25.8. The first-order chi connectivity index (χ1) is 22.8. The second-order valence-corrected chi connectivity index (χ2v) is 11.0. The molecular weight excluding hydrogens is 639 g/mol. The molecule has 5 rings (SSSR count). The van der Waals surface area contributed by atoms with Crippen LogP contribution in [0.3, 0.4) is 0 Å². The van der Waals surface area contributed by atoms with Gasteiger partial charge in [-0.2, -0.15) is 13.2 Å². The van der Waals surface area contributed by atoms with E-state index in [0.29, 0.717) is 50.8 Å². The first kappa shape index (κ1) is 33.8. The number of anilines is 1. The molecule has 3 aromatic carbocycles. The minimum atomic E-state index is -4.69. The molecule has 1 amide bonds. The maximum absolute atomic E-state index is 14.9. The fourth-order valence-corrected chi connectivity index (χ4v) is 5.67. The van der Waals surface area contributed by atoms with E-state index in [1.54, 1.807) is 55.6 Å². The van der Waals surface area contributed by atoms with Gasteiger partial charge in [0.05, 0.1) is 23.7 Å². The van der Waals surface area contributed by atoms with Gasteiger partial charge in [-0.15, -0.1) is 0 Å². The Kier molecular flexibility index (Phi) is 9.37. The van der Waals surface area contributed by atoms with Crippen LogP contribution in [0, 0.1) is 11.6 Å². The van der Waals surface area contributed by atoms with Crippen molar-refractivity contribution in [2.75, 3.05) is 12.4 Å². The highest BCUT2D eigenvalue weighted by Gasteiger charge is 2.38. The van der Waals surface area contributed by atoms with Gasteiger partial charge in [-0.1, -0.05) is 37.3 Å². The molecule has 0 saturated carbocycles. The van der Waals surface area contributed by atoms with Crippen molar-refractivity contribution in [1.82, 2.24) is 14.9 Å². The number of carboxylic acid groups (broad SMARTS) is 1. The first-order valence-corrected chi connectivity index (χ1v) is 14.6. The average molecular weight is 669 g/mol. The molecule has 48 heavy (non-hydrogen) atoms. The van der Waals surface area contributed by atoms with Crippen LogP contribution in [0.5, 0.6) is 5.75 Å². The molecule has 0 radical (unpaired) electrons. The van der Waals surface area contributed by atoms with Crippen LogP contribution in [-0.4, -0.2) is 51.9 Å². The third-order valence-electron chi connectivity index (χ3n) is 8.03. The fourth-order valence-electron chi connectivity index (χ4n) is 5.67. The number of benzene rings is 3. The van der Waals surface area contributed by atoms with Crippen molar-refractivity contribution < 1.29 is 41.4 Å². The van der Waals surface area contributed by atoms with Crippen LogP contribution < -0.4 is 20.9 Å². The topological polar surface area (TPSA) is 123 Å². The molecule has 9 nitrogen and oxygen atoms in total. The maximum Gasteiger partial charge on any atom is 0.408 e. The normalized spacial score (nSPS) is 12.9. The number of carbonyl (C=O) groups excluding carboxylic acids is 1. The zero-order valence-corrected chi connectivity index (χ0v) is 25.8. The van der Waals surface area contributed by atoms with E-state index in [2.05, 4.69) is 10.3 Å². The monoisotopic (exact) mass is 668 g/mol. The molecule has 2 aromatic heterocycles. The number of hydrogen-bond donors (Lipinski definition) is 3. The number of ether oxygens (including phenoxy) is 1. The van der Waals surface area contributed by atoms with Crippen LogP contribution in [0.15, 0.2) is 71.7 Å². The smallest absolute Gasteiger partial charge is 0.408 e. The van der Waals surface area contributed by atoms with Gasteiger partial charge in [0.25, 0.3) is 11.5 Å². The number of carboxylic acids is 1. The third-order valence-corrected chi connectivity index (χ3v) is 8.03. The van der Waals surface area contributed by atoms with Crippen molar-refractivity contribution in [3.63, 3.8) is 0 Å². The van der Waals surface area contributed by atoms with E-state index in [4.69, 9.17) is 4.74 Å². The van der Waals surface area contributed by atoms with Gasteiger partial charge < -0.3 is 25.0 Å². The van der Waals surface area contributed by atoms with Crippen molar-refractivity contribution in [1.29, 1.82) is 0 Å². The molecule has 0 aliphatic carbocycles. The van der Waals surface area contributed by atoms with Crippen LogP contribution in [0.1, 0.15) is 29.3 Å². The lowest BCUT2D eigenvalue weighted by Crippen LogP contribution is -2.43. The summed E-state index contributed by atoms with van der Waals surface area (Å²) in [6.07, 6.45) is -3.98. The number of alkyl halides is 3. The van der Waals surface area contributed by atoms with Gasteiger partial charge in [-0.05, 0) is 42.3 Å². The summed E-state index contributed by atoms with van der Waals surface area (Å²) in [5.74, 6) is -5.60. The van der Waals surface area contributed by atoms with Crippen LogP contribution in [-0.2, 0) is 18.3 Å². The van der Waals surface area contributed by atoms with Crippen molar-refractivity contribution in [2.24, 2.45) is 7.05 Å². The Morgan fingerprint density at radius 3 is 2.31 bits per heavy atom. The Balaban J connectivity index is 1.49. The van der Waals surface area contributed by atoms with Crippen molar-refractivity contribution in [2.45, 2.75) is 38.0 Å². The average Bonchev–Trinajstić information content (AvgIpc) is 3.04. The van der Waals surface area contributed by atoms with E-state index in [1.807, 2.05) is 5.32 Å². The molecule has 0 aliphatic heterocycles. The number of halogens is 5. The number of fused-ring (bicyclic) bond motifs is 2. The molecule has 0 saturated heterocycles. The molecule has 0 spiro atoms. The Morgan fingerprint density at radius 2 is 1.69 bits per heavy atom. The zero-order chi connectivity index (χ0) is 34.9. The van der Waals surface area contributed by atoms with Gasteiger partial charge >= 0.3 is 12.1 Å². The van der Waals surface area contributed by atoms with E-state index >= 15 is 0 Å². The van der Waals surface area contributed by atoms with Gasteiger partial charge in [0, 0.05) is 41.7 Å². The van der Waals surface area contributed by atoms with Crippen molar-refractivity contribution in [3.8, 4) is 16.9 Å². The number of nitrogens with zero attached hydrogens (tertiary/aromatic N) is 2. The number of hydrogen-bond acceptors (Lipinski definition) is 6. The summed E-state index contributed by atoms with van der Waals surface area (Å²) < 4.78 is 76.4. The van der Waals surface area contributed by atoms with Gasteiger partial charge in [-0.25, -0.2) is 13.6 Å². The Labute approximate surface area is 270 Å². The number of aryl methyl sites for hydroxylation is 1. The van der Waals surface area contributed by atoms with Gasteiger partial charge in [0.2, 0.25) is 0 Å². The number of pyridine rings is 2. The van der Waals surface area contributed by atoms with Gasteiger partial charge in [0.1, 0.15) is 35.0 Å². The van der Waals surface area contributed by atoms with Crippen molar-refractivity contribution in [3.05, 3.63) is 100.0 Å². The summed E-state index contributed by atoms with van der Waals surface area (Å²) in [6, 6.07) is 10.8. The number of para-hydroxylation sites is 1. The lowest BCUT2D eigenvalue weighted by molar-refractivity contribution is -0.143. The number of amides is 1. The molecule has 2 atom stereocenters. The third kappa shape index (κ3) is 6.37. The number of rotatable bonds is 10. The highest BCUT2D eigenvalue weighted by Crippen LogP contribution is 2.37. The van der Waals surface area contributed by atoms with Crippen LogP contribution >= 0.6 is 0 Å². The van der Waals surface area contributed by atoms with Crippen LogP contribution in [0.4, 0.5) is 27.6 Å². The van der Waals surface area contributed by atoms with Gasteiger partial charge in [0.15, 0.2) is 0 Å². The summed E-state index contributed by atoms with van der Waals surface area (Å²) >= 11 is 0. The summed E-state index contributed by atoms with van der Waals surface area (Å²) in [4.78, 5) is 43.3. The number of aliphatic carboxylic acids is 1. The summed E-state index contributed by atoms with van der Waals surface area (Å²) in [6.45, 7) is 1.24. The minimum Gasteiger partial charge on any atom is -0.495 e. The predicted octanol–water partition coefficient (Wildman–Crippen LogP) is 6.22.